The van der Waals surface area contributed by atoms with Crippen LogP contribution in [0.15, 0.2) is 40.8 Å². The fraction of sp³-hybridized carbons (Fsp3) is 0.480. The van der Waals surface area contributed by atoms with Crippen LogP contribution in [-0.2, 0) is 4.79 Å². The minimum absolute atomic E-state index is 0.0404. The number of amides is 2. The van der Waals surface area contributed by atoms with Crippen LogP contribution >= 0.6 is 11.3 Å². The molecule has 1 unspecified atom stereocenters. The van der Waals surface area contributed by atoms with Crippen molar-refractivity contribution < 1.29 is 14.0 Å². The van der Waals surface area contributed by atoms with Gasteiger partial charge in [-0.2, -0.15) is 5.10 Å². The van der Waals surface area contributed by atoms with Crippen molar-refractivity contribution in [2.75, 3.05) is 42.5 Å². The highest BCUT2D eigenvalue weighted by molar-refractivity contribution is 7.12. The van der Waals surface area contributed by atoms with Crippen molar-refractivity contribution in [3.63, 3.8) is 0 Å². The highest BCUT2D eigenvalue weighted by Gasteiger charge is 2.43. The lowest BCUT2D eigenvalue weighted by atomic mass is 10.1. The number of thiophene rings is 1. The van der Waals surface area contributed by atoms with E-state index in [0.29, 0.717) is 63.6 Å². The molecule has 3 aliphatic heterocycles. The molecule has 1 aromatic heterocycles. The SMILES string of the molecule is CC(C)CN1C(=O)c2sccc2N2C(CCCC(=O)N3CCN(c4ccccc4F)CC3)=NNC12. The predicted molar refractivity (Wildman–Crippen MR) is 136 cm³/mol. The Morgan fingerprint density at radius 1 is 1.17 bits per heavy atom. The monoisotopic (exact) mass is 498 g/mol. The molecule has 8 nitrogen and oxygen atoms in total. The van der Waals surface area contributed by atoms with Crippen molar-refractivity contribution in [1.82, 2.24) is 15.2 Å². The summed E-state index contributed by atoms with van der Waals surface area (Å²) in [5.74, 6) is 1.13. The number of nitrogens with zero attached hydrogens (tertiary/aromatic N) is 5. The molecule has 0 aliphatic carbocycles. The summed E-state index contributed by atoms with van der Waals surface area (Å²) in [6, 6.07) is 8.75. The summed E-state index contributed by atoms with van der Waals surface area (Å²) in [6.45, 7) is 7.27. The molecule has 4 heterocycles. The third-order valence-corrected chi connectivity index (χ3v) is 7.56. The van der Waals surface area contributed by atoms with Crippen LogP contribution in [-0.4, -0.2) is 66.5 Å². The summed E-state index contributed by atoms with van der Waals surface area (Å²) in [5, 5.41) is 6.49. The molecule has 0 bridgehead atoms. The second-order valence-electron chi connectivity index (χ2n) is 9.56. The Hall–Kier alpha value is -3.14. The zero-order valence-corrected chi connectivity index (χ0v) is 20.9. The second-order valence-corrected chi connectivity index (χ2v) is 10.5. The van der Waals surface area contributed by atoms with Crippen LogP contribution in [0.1, 0.15) is 42.8 Å². The first-order chi connectivity index (χ1) is 16.9. The van der Waals surface area contributed by atoms with Gasteiger partial charge in [0.1, 0.15) is 16.5 Å². The second kappa shape index (κ2) is 9.85. The van der Waals surface area contributed by atoms with Crippen molar-refractivity contribution in [3.8, 4) is 0 Å². The molecular formula is C25H31FN6O2S. The lowest BCUT2D eigenvalue weighted by Crippen LogP contribution is -2.59. The number of nitrogens with one attached hydrogen (secondary N) is 1. The zero-order valence-electron chi connectivity index (χ0n) is 20.1. The van der Waals surface area contributed by atoms with Crippen molar-refractivity contribution in [1.29, 1.82) is 0 Å². The average molecular weight is 499 g/mol. The van der Waals surface area contributed by atoms with E-state index in [1.54, 1.807) is 12.1 Å². The Kier molecular flexibility index (Phi) is 6.64. The molecule has 35 heavy (non-hydrogen) atoms. The molecule has 5 rings (SSSR count). The van der Waals surface area contributed by atoms with E-state index in [9.17, 15) is 14.0 Å². The highest BCUT2D eigenvalue weighted by Crippen LogP contribution is 2.37. The molecule has 2 aromatic rings. The number of anilines is 2. The van der Waals surface area contributed by atoms with E-state index in [0.717, 1.165) is 16.4 Å². The highest BCUT2D eigenvalue weighted by atomic mass is 32.1. The van der Waals surface area contributed by atoms with Crippen molar-refractivity contribution in [2.45, 2.75) is 39.4 Å². The molecule has 1 N–H and O–H groups in total. The molecule has 186 valence electrons. The van der Waals surface area contributed by atoms with Gasteiger partial charge in [-0.05, 0) is 35.9 Å². The first-order valence-corrected chi connectivity index (χ1v) is 13.1. The predicted octanol–water partition coefficient (Wildman–Crippen LogP) is 3.52. The fourth-order valence-corrected chi connectivity index (χ4v) is 5.81. The lowest BCUT2D eigenvalue weighted by Gasteiger charge is -2.40. The quantitative estimate of drug-likeness (QED) is 0.633. The molecule has 0 spiro atoms. The third kappa shape index (κ3) is 4.59. The normalized spacial score (nSPS) is 19.6. The molecule has 10 heteroatoms. The van der Waals surface area contributed by atoms with Crippen LogP contribution in [0.2, 0.25) is 0 Å². The minimum Gasteiger partial charge on any atom is -0.366 e. The van der Waals surface area contributed by atoms with E-state index in [4.69, 9.17) is 0 Å². The van der Waals surface area contributed by atoms with Gasteiger partial charge in [0.25, 0.3) is 5.91 Å². The maximum absolute atomic E-state index is 14.1. The Bertz CT molecular complexity index is 1130. The van der Waals surface area contributed by atoms with Gasteiger partial charge in [0.05, 0.1) is 11.4 Å². The number of fused-ring (bicyclic) bond motifs is 3. The van der Waals surface area contributed by atoms with Gasteiger partial charge in [0.15, 0.2) is 0 Å². The maximum Gasteiger partial charge on any atom is 0.269 e. The molecular weight excluding hydrogens is 467 g/mol. The van der Waals surface area contributed by atoms with Gasteiger partial charge in [0, 0.05) is 45.6 Å². The first-order valence-electron chi connectivity index (χ1n) is 12.2. The number of benzene rings is 1. The van der Waals surface area contributed by atoms with Crippen LogP contribution < -0.4 is 15.2 Å². The van der Waals surface area contributed by atoms with Gasteiger partial charge in [-0.3, -0.25) is 24.8 Å². The number of halogens is 1. The van der Waals surface area contributed by atoms with Crippen LogP contribution in [0, 0.1) is 11.7 Å². The Morgan fingerprint density at radius 3 is 2.69 bits per heavy atom. The first kappa shape index (κ1) is 23.6. The van der Waals surface area contributed by atoms with Crippen LogP contribution in [0.25, 0.3) is 0 Å². The number of hydrogen-bond donors (Lipinski definition) is 1. The summed E-state index contributed by atoms with van der Waals surface area (Å²) >= 11 is 1.46. The van der Waals surface area contributed by atoms with E-state index in [-0.39, 0.29) is 23.9 Å². The van der Waals surface area contributed by atoms with E-state index in [1.165, 1.54) is 17.4 Å². The average Bonchev–Trinajstić information content (AvgIpc) is 3.49. The molecule has 2 amide bonds. The number of carbonyl (C=O) groups excluding carboxylic acids is 2. The van der Waals surface area contributed by atoms with Crippen LogP contribution in [0.5, 0.6) is 0 Å². The molecule has 1 atom stereocenters. The number of para-hydroxylation sites is 1. The Morgan fingerprint density at radius 2 is 1.94 bits per heavy atom. The van der Waals surface area contributed by atoms with E-state index in [2.05, 4.69) is 29.3 Å². The van der Waals surface area contributed by atoms with E-state index < -0.39 is 0 Å². The number of carbonyl (C=O) groups is 2. The van der Waals surface area contributed by atoms with Crippen molar-refractivity contribution in [3.05, 3.63) is 46.4 Å². The molecule has 3 aliphatic rings. The van der Waals surface area contributed by atoms with Gasteiger partial charge in [0.2, 0.25) is 12.2 Å². The van der Waals surface area contributed by atoms with Gasteiger partial charge in [-0.1, -0.05) is 26.0 Å². The molecule has 0 saturated carbocycles. The number of hydrogen-bond acceptors (Lipinski definition) is 7. The van der Waals surface area contributed by atoms with Crippen LogP contribution in [0.3, 0.4) is 0 Å². The minimum atomic E-state index is -0.316. The summed E-state index contributed by atoms with van der Waals surface area (Å²) in [5.41, 5.74) is 4.63. The molecule has 1 saturated heterocycles. The van der Waals surface area contributed by atoms with Gasteiger partial charge in [-0.15, -0.1) is 11.3 Å². The topological polar surface area (TPSA) is 71.5 Å². The third-order valence-electron chi connectivity index (χ3n) is 6.66. The van der Waals surface area contributed by atoms with Crippen molar-refractivity contribution >= 4 is 40.4 Å². The standard InChI is InChI=1S/C25H31FN6O2S/c1-17(2)16-31-24(34)23-20(10-15-35-23)32-21(27-28-25(31)32)8-5-9-22(33)30-13-11-29(12-14-30)19-7-4-3-6-18(19)26/h3-4,6-7,10,15,17,25,28H,5,8-9,11-14,16H2,1-2H3. The summed E-state index contributed by atoms with van der Waals surface area (Å²) in [4.78, 5) is 34.4. The maximum atomic E-state index is 14.1. The van der Waals surface area contributed by atoms with E-state index >= 15 is 0 Å². The fourth-order valence-electron chi connectivity index (χ4n) is 4.97. The van der Waals surface area contributed by atoms with Gasteiger partial charge in [-0.25, -0.2) is 4.39 Å². The smallest absolute Gasteiger partial charge is 0.269 e. The van der Waals surface area contributed by atoms with E-state index in [1.807, 2.05) is 32.2 Å². The van der Waals surface area contributed by atoms with Gasteiger partial charge >= 0.3 is 0 Å². The van der Waals surface area contributed by atoms with Gasteiger partial charge < -0.3 is 9.80 Å². The molecule has 1 fully saturated rings. The Labute approximate surface area is 209 Å². The number of hydrazone groups is 1. The lowest BCUT2D eigenvalue weighted by molar-refractivity contribution is -0.131. The summed E-state index contributed by atoms with van der Waals surface area (Å²) in [6.07, 6.45) is 1.43. The molecule has 1 aromatic carbocycles. The largest absolute Gasteiger partial charge is 0.366 e. The van der Waals surface area contributed by atoms with Crippen LogP contribution in [0.4, 0.5) is 15.8 Å². The molecule has 0 radical (unpaired) electrons. The summed E-state index contributed by atoms with van der Waals surface area (Å²) in [7, 11) is 0. The Balaban J connectivity index is 1.16. The number of amidine groups is 1. The summed E-state index contributed by atoms with van der Waals surface area (Å²) < 4.78 is 14.1. The number of rotatable bonds is 7. The van der Waals surface area contributed by atoms with Crippen molar-refractivity contribution in [2.24, 2.45) is 11.0 Å². The number of piperazine rings is 1. The zero-order chi connectivity index (χ0) is 24.5.